The van der Waals surface area contributed by atoms with Crippen LogP contribution < -0.4 is 5.32 Å². The van der Waals surface area contributed by atoms with E-state index >= 15 is 0 Å². The van der Waals surface area contributed by atoms with Crippen LogP contribution in [-0.4, -0.2) is 11.0 Å². The van der Waals surface area contributed by atoms with Gasteiger partial charge in [-0.1, -0.05) is 12.1 Å². The van der Waals surface area contributed by atoms with Crippen LogP contribution in [0.15, 0.2) is 60.7 Å². The maximum Gasteiger partial charge on any atom is 0.259 e. The minimum absolute atomic E-state index is 0.0754. The van der Waals surface area contributed by atoms with Gasteiger partial charge in [0, 0.05) is 17.3 Å². The number of hydrogen-bond donors (Lipinski definition) is 2. The Balaban J connectivity index is 1.94. The van der Waals surface area contributed by atoms with E-state index in [-0.39, 0.29) is 16.9 Å². The highest BCUT2D eigenvalue weighted by Gasteiger charge is 2.15. The van der Waals surface area contributed by atoms with E-state index in [2.05, 4.69) is 5.32 Å². The quantitative estimate of drug-likeness (QED) is 0.732. The molecular formula is C20H12F2N2O2. The van der Waals surface area contributed by atoms with E-state index < -0.39 is 17.5 Å². The van der Waals surface area contributed by atoms with Gasteiger partial charge >= 0.3 is 0 Å². The molecule has 26 heavy (non-hydrogen) atoms. The molecule has 3 aromatic rings. The highest BCUT2D eigenvalue weighted by molar-refractivity contribution is 6.07. The minimum Gasteiger partial charge on any atom is -0.507 e. The predicted molar refractivity (Wildman–Crippen MR) is 92.6 cm³/mol. The lowest BCUT2D eigenvalue weighted by molar-refractivity contribution is 0.102. The van der Waals surface area contributed by atoms with Crippen molar-refractivity contribution in [3.8, 4) is 22.9 Å². The Bertz CT molecular complexity index is 1040. The number of nitrogens with one attached hydrogen (secondary N) is 1. The Kier molecular flexibility index (Phi) is 4.63. The fourth-order valence-corrected chi connectivity index (χ4v) is 2.47. The van der Waals surface area contributed by atoms with E-state index in [0.29, 0.717) is 16.8 Å². The average Bonchev–Trinajstić information content (AvgIpc) is 2.62. The van der Waals surface area contributed by atoms with Crippen LogP contribution in [0.2, 0.25) is 0 Å². The first-order valence-electron chi connectivity index (χ1n) is 7.58. The van der Waals surface area contributed by atoms with Gasteiger partial charge in [-0.2, -0.15) is 5.26 Å². The smallest absolute Gasteiger partial charge is 0.259 e. The molecule has 0 aromatic heterocycles. The second kappa shape index (κ2) is 7.03. The van der Waals surface area contributed by atoms with Crippen LogP contribution in [-0.2, 0) is 0 Å². The normalized spacial score (nSPS) is 10.2. The van der Waals surface area contributed by atoms with Crippen LogP contribution in [0, 0.1) is 23.0 Å². The summed E-state index contributed by atoms with van der Waals surface area (Å²) in [5.74, 6) is -2.39. The summed E-state index contributed by atoms with van der Waals surface area (Å²) in [7, 11) is 0. The number of phenols is 1. The maximum atomic E-state index is 14.0. The molecule has 0 bridgehead atoms. The fraction of sp³-hybridized carbons (Fsp3) is 0. The molecule has 3 aromatic carbocycles. The lowest BCUT2D eigenvalue weighted by Crippen LogP contribution is -2.12. The number of carbonyl (C=O) groups excluding carboxylic acids is 1. The van der Waals surface area contributed by atoms with Gasteiger partial charge < -0.3 is 10.4 Å². The molecule has 4 nitrogen and oxygen atoms in total. The molecule has 0 aliphatic carbocycles. The molecule has 0 fully saturated rings. The molecule has 0 saturated heterocycles. The molecule has 0 saturated carbocycles. The molecule has 0 unspecified atom stereocenters. The van der Waals surface area contributed by atoms with Crippen molar-refractivity contribution in [2.24, 2.45) is 0 Å². The van der Waals surface area contributed by atoms with Gasteiger partial charge in [-0.25, -0.2) is 8.78 Å². The zero-order valence-electron chi connectivity index (χ0n) is 13.3. The topological polar surface area (TPSA) is 73.1 Å². The molecule has 1 amide bonds. The van der Waals surface area contributed by atoms with Gasteiger partial charge in [-0.05, 0) is 48.0 Å². The molecule has 0 radical (unpaired) electrons. The summed E-state index contributed by atoms with van der Waals surface area (Å²) in [6, 6.07) is 15.4. The van der Waals surface area contributed by atoms with Crippen molar-refractivity contribution in [3.05, 3.63) is 83.4 Å². The minimum atomic E-state index is -0.774. The van der Waals surface area contributed by atoms with Crippen LogP contribution in [0.1, 0.15) is 15.9 Å². The first kappa shape index (κ1) is 17.1. The Morgan fingerprint density at radius 2 is 1.85 bits per heavy atom. The van der Waals surface area contributed by atoms with Crippen molar-refractivity contribution in [2.45, 2.75) is 0 Å². The highest BCUT2D eigenvalue weighted by Crippen LogP contribution is 2.29. The zero-order valence-corrected chi connectivity index (χ0v) is 13.3. The summed E-state index contributed by atoms with van der Waals surface area (Å²) in [6.07, 6.45) is 0. The zero-order chi connectivity index (χ0) is 18.7. The van der Waals surface area contributed by atoms with E-state index in [9.17, 15) is 18.7 Å². The lowest BCUT2D eigenvalue weighted by Gasteiger charge is -2.10. The third-order valence-electron chi connectivity index (χ3n) is 3.73. The number of nitrogens with zero attached hydrogens (tertiary/aromatic N) is 1. The number of hydrogen-bond acceptors (Lipinski definition) is 3. The molecule has 3 rings (SSSR count). The number of benzene rings is 3. The molecule has 6 heteroatoms. The molecule has 0 aliphatic heterocycles. The van der Waals surface area contributed by atoms with Crippen molar-refractivity contribution >= 4 is 11.6 Å². The van der Waals surface area contributed by atoms with Crippen molar-refractivity contribution in [1.82, 2.24) is 0 Å². The molecule has 0 heterocycles. The molecule has 2 N–H and O–H groups in total. The van der Waals surface area contributed by atoms with Crippen molar-refractivity contribution in [3.63, 3.8) is 0 Å². The highest BCUT2D eigenvalue weighted by atomic mass is 19.1. The maximum absolute atomic E-state index is 14.0. The van der Waals surface area contributed by atoms with Gasteiger partial charge in [-0.3, -0.25) is 4.79 Å². The van der Waals surface area contributed by atoms with Crippen LogP contribution in [0.3, 0.4) is 0 Å². The number of nitriles is 1. The number of anilines is 1. The molecule has 0 atom stereocenters. The standard InChI is InChI=1S/C20H12F2N2O2/c21-14-5-6-16(18(22)10-14)13-4-7-19(25)17(9-13)20(26)24-15-3-1-2-12(8-15)11-23/h1-10,25H,(H,24,26). The summed E-state index contributed by atoms with van der Waals surface area (Å²) in [4.78, 5) is 12.4. The molecular weight excluding hydrogens is 338 g/mol. The van der Waals surface area contributed by atoms with Gasteiger partial charge in [-0.15, -0.1) is 0 Å². The fourth-order valence-electron chi connectivity index (χ4n) is 2.47. The second-order valence-electron chi connectivity index (χ2n) is 5.50. The summed E-state index contributed by atoms with van der Waals surface area (Å²) in [6.45, 7) is 0. The van der Waals surface area contributed by atoms with Crippen LogP contribution in [0.25, 0.3) is 11.1 Å². The van der Waals surface area contributed by atoms with Gasteiger partial charge in [0.1, 0.15) is 17.4 Å². The van der Waals surface area contributed by atoms with E-state index in [1.807, 2.05) is 6.07 Å². The summed E-state index contributed by atoms with van der Waals surface area (Å²) >= 11 is 0. The number of halogens is 2. The van der Waals surface area contributed by atoms with E-state index in [1.165, 1.54) is 30.3 Å². The van der Waals surface area contributed by atoms with E-state index in [4.69, 9.17) is 5.26 Å². The number of carbonyl (C=O) groups is 1. The number of amides is 1. The molecule has 0 spiro atoms. The summed E-state index contributed by atoms with van der Waals surface area (Å²) < 4.78 is 27.0. The third kappa shape index (κ3) is 3.52. The Morgan fingerprint density at radius 1 is 1.04 bits per heavy atom. The van der Waals surface area contributed by atoms with Crippen molar-refractivity contribution in [1.29, 1.82) is 5.26 Å². The number of phenolic OH excluding ortho intramolecular Hbond substituents is 1. The van der Waals surface area contributed by atoms with Crippen LogP contribution in [0.4, 0.5) is 14.5 Å². The van der Waals surface area contributed by atoms with Gasteiger partial charge in [0.25, 0.3) is 5.91 Å². The number of aromatic hydroxyl groups is 1. The largest absolute Gasteiger partial charge is 0.507 e. The Labute approximate surface area is 148 Å². The predicted octanol–water partition coefficient (Wildman–Crippen LogP) is 4.46. The Morgan fingerprint density at radius 3 is 2.58 bits per heavy atom. The monoisotopic (exact) mass is 350 g/mol. The second-order valence-corrected chi connectivity index (χ2v) is 5.50. The summed E-state index contributed by atoms with van der Waals surface area (Å²) in [5, 5.41) is 21.5. The number of rotatable bonds is 3. The SMILES string of the molecule is N#Cc1cccc(NC(=O)c2cc(-c3ccc(F)cc3F)ccc2O)c1. The summed E-state index contributed by atoms with van der Waals surface area (Å²) in [5.41, 5.74) is 1.10. The van der Waals surface area contributed by atoms with Crippen LogP contribution in [0.5, 0.6) is 5.75 Å². The van der Waals surface area contributed by atoms with Gasteiger partial charge in [0.05, 0.1) is 17.2 Å². The van der Waals surface area contributed by atoms with Crippen molar-refractivity contribution in [2.75, 3.05) is 5.32 Å². The first-order valence-corrected chi connectivity index (χ1v) is 7.58. The molecule has 128 valence electrons. The van der Waals surface area contributed by atoms with Crippen LogP contribution >= 0.6 is 0 Å². The first-order chi connectivity index (χ1) is 12.5. The van der Waals surface area contributed by atoms with Gasteiger partial charge in [0.2, 0.25) is 0 Å². The third-order valence-corrected chi connectivity index (χ3v) is 3.73. The molecule has 0 aliphatic rings. The lowest BCUT2D eigenvalue weighted by atomic mass is 10.0. The Hall–Kier alpha value is -3.72. The van der Waals surface area contributed by atoms with E-state index in [0.717, 1.165) is 12.1 Å². The average molecular weight is 350 g/mol. The van der Waals surface area contributed by atoms with Gasteiger partial charge in [0.15, 0.2) is 0 Å². The van der Waals surface area contributed by atoms with E-state index in [1.54, 1.807) is 18.2 Å². The van der Waals surface area contributed by atoms with Crippen molar-refractivity contribution < 1.29 is 18.7 Å².